The molecule has 182 valence electrons. The minimum Gasteiger partial charge on any atom is -0.496 e. The van der Waals surface area contributed by atoms with Crippen LogP contribution >= 0.6 is 0 Å². The van der Waals surface area contributed by atoms with Crippen molar-refractivity contribution in [1.82, 2.24) is 14.8 Å². The van der Waals surface area contributed by atoms with Crippen molar-refractivity contribution in [3.05, 3.63) is 95.7 Å². The van der Waals surface area contributed by atoms with E-state index in [1.54, 1.807) is 11.8 Å². The Labute approximate surface area is 209 Å². The van der Waals surface area contributed by atoms with Gasteiger partial charge in [-0.3, -0.25) is 4.79 Å². The maximum absolute atomic E-state index is 13.6. The van der Waals surface area contributed by atoms with Gasteiger partial charge in [-0.05, 0) is 55.8 Å². The Morgan fingerprint density at radius 3 is 2.47 bits per heavy atom. The van der Waals surface area contributed by atoms with E-state index in [4.69, 9.17) is 19.6 Å². The number of rotatable bonds is 7. The van der Waals surface area contributed by atoms with Crippen molar-refractivity contribution in [1.29, 1.82) is 0 Å². The molecule has 1 atom stereocenters. The summed E-state index contributed by atoms with van der Waals surface area (Å²) in [6.07, 6.45) is 0. The van der Waals surface area contributed by atoms with Gasteiger partial charge in [0.25, 0.3) is 5.91 Å². The lowest BCUT2D eigenvalue weighted by atomic mass is 9.95. The summed E-state index contributed by atoms with van der Waals surface area (Å²) in [5.74, 6) is 2.27. The topological polar surface area (TPSA) is 90.3 Å². The summed E-state index contributed by atoms with van der Waals surface area (Å²) in [5, 5.41) is 11.1. The third-order valence-electron chi connectivity index (χ3n) is 5.98. The van der Waals surface area contributed by atoms with Crippen molar-refractivity contribution in [2.75, 3.05) is 24.4 Å². The Morgan fingerprint density at radius 1 is 1.03 bits per heavy atom. The Kier molecular flexibility index (Phi) is 6.40. The molecule has 3 aromatic carbocycles. The van der Waals surface area contributed by atoms with Crippen molar-refractivity contribution in [2.24, 2.45) is 0 Å². The SMILES string of the molecule is CCOc1ccc(C2C(C(=O)Nc3ccccc3)=C(C)Nc3nc(-c4ccccc4OC)nn32)cc1. The van der Waals surface area contributed by atoms with E-state index in [0.717, 1.165) is 16.9 Å². The van der Waals surface area contributed by atoms with E-state index in [9.17, 15) is 4.79 Å². The third-order valence-corrected chi connectivity index (χ3v) is 5.98. The number of para-hydroxylation sites is 2. The van der Waals surface area contributed by atoms with Gasteiger partial charge in [0, 0.05) is 11.4 Å². The number of anilines is 2. The highest BCUT2D eigenvalue weighted by Crippen LogP contribution is 2.38. The van der Waals surface area contributed by atoms with E-state index in [0.29, 0.717) is 41.1 Å². The Bertz CT molecular complexity index is 1410. The zero-order chi connectivity index (χ0) is 25.1. The number of allylic oxidation sites excluding steroid dienone is 1. The van der Waals surface area contributed by atoms with Gasteiger partial charge in [0.1, 0.15) is 17.5 Å². The zero-order valence-corrected chi connectivity index (χ0v) is 20.4. The quantitative estimate of drug-likeness (QED) is 0.373. The monoisotopic (exact) mass is 481 g/mol. The van der Waals surface area contributed by atoms with Gasteiger partial charge in [0.2, 0.25) is 5.95 Å². The van der Waals surface area contributed by atoms with Gasteiger partial charge in [-0.15, -0.1) is 5.10 Å². The molecule has 0 aliphatic carbocycles. The van der Waals surface area contributed by atoms with Gasteiger partial charge in [-0.25, -0.2) is 4.68 Å². The summed E-state index contributed by atoms with van der Waals surface area (Å²) in [6.45, 7) is 4.40. The van der Waals surface area contributed by atoms with Crippen LogP contribution in [-0.4, -0.2) is 34.4 Å². The summed E-state index contributed by atoms with van der Waals surface area (Å²) < 4.78 is 12.9. The van der Waals surface area contributed by atoms with Gasteiger partial charge in [0.05, 0.1) is 24.9 Å². The van der Waals surface area contributed by atoms with Crippen molar-refractivity contribution in [3.63, 3.8) is 0 Å². The second-order valence-corrected chi connectivity index (χ2v) is 8.29. The van der Waals surface area contributed by atoms with Crippen molar-refractivity contribution >= 4 is 17.5 Å². The van der Waals surface area contributed by atoms with E-state index in [-0.39, 0.29) is 5.91 Å². The number of nitrogens with one attached hydrogen (secondary N) is 2. The third kappa shape index (κ3) is 4.40. The lowest BCUT2D eigenvalue weighted by Crippen LogP contribution is -2.31. The van der Waals surface area contributed by atoms with Crippen molar-refractivity contribution in [2.45, 2.75) is 19.9 Å². The highest BCUT2D eigenvalue weighted by molar-refractivity contribution is 6.06. The van der Waals surface area contributed by atoms with Crippen LogP contribution in [0.3, 0.4) is 0 Å². The van der Waals surface area contributed by atoms with Gasteiger partial charge < -0.3 is 20.1 Å². The molecule has 5 rings (SSSR count). The number of benzene rings is 3. The average molecular weight is 482 g/mol. The summed E-state index contributed by atoms with van der Waals surface area (Å²) in [5.41, 5.74) is 3.62. The fourth-order valence-electron chi connectivity index (χ4n) is 4.33. The zero-order valence-electron chi connectivity index (χ0n) is 20.4. The number of carbonyl (C=O) groups excluding carboxylic acids is 1. The first-order valence-electron chi connectivity index (χ1n) is 11.8. The van der Waals surface area contributed by atoms with Crippen LogP contribution < -0.4 is 20.1 Å². The van der Waals surface area contributed by atoms with Crippen LogP contribution in [0.4, 0.5) is 11.6 Å². The number of aromatic nitrogens is 3. The fourth-order valence-corrected chi connectivity index (χ4v) is 4.33. The highest BCUT2D eigenvalue weighted by atomic mass is 16.5. The van der Waals surface area contributed by atoms with E-state index in [1.807, 2.05) is 92.7 Å². The number of methoxy groups -OCH3 is 1. The Hall–Kier alpha value is -4.59. The smallest absolute Gasteiger partial charge is 0.255 e. The number of fused-ring (bicyclic) bond motifs is 1. The van der Waals surface area contributed by atoms with Gasteiger partial charge in [-0.2, -0.15) is 4.98 Å². The normalized spacial score (nSPS) is 14.6. The summed E-state index contributed by atoms with van der Waals surface area (Å²) in [6, 6.07) is 24.2. The highest BCUT2D eigenvalue weighted by Gasteiger charge is 2.34. The summed E-state index contributed by atoms with van der Waals surface area (Å²) >= 11 is 0. The molecule has 2 heterocycles. The first-order chi connectivity index (χ1) is 17.6. The predicted octanol–water partition coefficient (Wildman–Crippen LogP) is 5.28. The molecular weight excluding hydrogens is 454 g/mol. The molecule has 0 saturated carbocycles. The molecule has 1 aromatic heterocycles. The van der Waals surface area contributed by atoms with E-state index in [1.165, 1.54) is 0 Å². The molecule has 1 aliphatic rings. The second-order valence-electron chi connectivity index (χ2n) is 8.29. The molecule has 0 spiro atoms. The Morgan fingerprint density at radius 2 is 1.75 bits per heavy atom. The average Bonchev–Trinajstić information content (AvgIpc) is 3.32. The van der Waals surface area contributed by atoms with Crippen LogP contribution in [0, 0.1) is 0 Å². The van der Waals surface area contributed by atoms with Crippen LogP contribution in [0.2, 0.25) is 0 Å². The minimum absolute atomic E-state index is 0.218. The molecule has 8 nitrogen and oxygen atoms in total. The van der Waals surface area contributed by atoms with E-state index in [2.05, 4.69) is 10.6 Å². The maximum atomic E-state index is 13.6. The van der Waals surface area contributed by atoms with Crippen LogP contribution in [0.15, 0.2) is 90.1 Å². The number of ether oxygens (including phenoxy) is 2. The minimum atomic E-state index is -0.503. The number of hydrogen-bond donors (Lipinski definition) is 2. The predicted molar refractivity (Wildman–Crippen MR) is 139 cm³/mol. The maximum Gasteiger partial charge on any atom is 0.255 e. The largest absolute Gasteiger partial charge is 0.496 e. The fraction of sp³-hybridized carbons (Fsp3) is 0.179. The van der Waals surface area contributed by atoms with Crippen LogP contribution in [0.1, 0.15) is 25.5 Å². The number of carbonyl (C=O) groups is 1. The molecule has 0 radical (unpaired) electrons. The second kappa shape index (κ2) is 9.95. The molecule has 0 fully saturated rings. The van der Waals surface area contributed by atoms with Crippen LogP contribution in [-0.2, 0) is 4.79 Å². The van der Waals surface area contributed by atoms with Gasteiger partial charge in [-0.1, -0.05) is 42.5 Å². The molecule has 1 aliphatic heterocycles. The van der Waals surface area contributed by atoms with Crippen molar-refractivity contribution < 1.29 is 14.3 Å². The lowest BCUT2D eigenvalue weighted by molar-refractivity contribution is -0.113. The molecule has 4 aromatic rings. The molecule has 0 saturated heterocycles. The molecular formula is C28H27N5O3. The van der Waals surface area contributed by atoms with E-state index < -0.39 is 6.04 Å². The molecule has 1 amide bonds. The summed E-state index contributed by atoms with van der Waals surface area (Å²) in [4.78, 5) is 18.4. The standard InChI is InChI=1S/C28H27N5O3/c1-4-36-21-16-14-19(15-17-21)25-24(27(34)30-20-10-6-5-7-11-20)18(2)29-28-31-26(32-33(25)28)22-12-8-9-13-23(22)35-3/h5-17,25H,4H2,1-3H3,(H,30,34)(H,29,31,32). The molecule has 8 heteroatoms. The van der Waals surface area contributed by atoms with Crippen LogP contribution in [0.25, 0.3) is 11.4 Å². The molecule has 36 heavy (non-hydrogen) atoms. The first kappa shape index (κ1) is 23.2. The first-order valence-corrected chi connectivity index (χ1v) is 11.8. The Balaban J connectivity index is 1.60. The van der Waals surface area contributed by atoms with Crippen LogP contribution in [0.5, 0.6) is 11.5 Å². The molecule has 2 N–H and O–H groups in total. The number of nitrogens with zero attached hydrogens (tertiary/aromatic N) is 3. The van der Waals surface area contributed by atoms with Crippen molar-refractivity contribution in [3.8, 4) is 22.9 Å². The number of amides is 1. The summed E-state index contributed by atoms with van der Waals surface area (Å²) in [7, 11) is 1.62. The number of hydrogen-bond acceptors (Lipinski definition) is 6. The van der Waals surface area contributed by atoms with Gasteiger partial charge >= 0.3 is 0 Å². The molecule has 1 unspecified atom stereocenters. The lowest BCUT2D eigenvalue weighted by Gasteiger charge is -2.28. The molecule has 0 bridgehead atoms. The van der Waals surface area contributed by atoms with Gasteiger partial charge in [0.15, 0.2) is 5.82 Å². The van der Waals surface area contributed by atoms with E-state index >= 15 is 0 Å².